The van der Waals surface area contributed by atoms with Crippen molar-refractivity contribution >= 4 is 23.1 Å². The fourth-order valence-electron chi connectivity index (χ4n) is 3.46. The SMILES string of the molecule is CCn1c(COc2cc(C)cc(C)c2)nnc1SCc1csc(-c2ccccc2C)n1. The molecule has 160 valence electrons. The van der Waals surface area contributed by atoms with Crippen molar-refractivity contribution in [3.05, 3.63) is 76.1 Å². The summed E-state index contributed by atoms with van der Waals surface area (Å²) in [6.07, 6.45) is 0. The number of ether oxygens (including phenoxy) is 1. The molecule has 0 aliphatic heterocycles. The number of rotatable bonds is 8. The van der Waals surface area contributed by atoms with Crippen molar-refractivity contribution in [1.82, 2.24) is 19.7 Å². The highest BCUT2D eigenvalue weighted by molar-refractivity contribution is 7.98. The van der Waals surface area contributed by atoms with Crippen LogP contribution >= 0.6 is 23.1 Å². The van der Waals surface area contributed by atoms with Gasteiger partial charge in [0.1, 0.15) is 17.4 Å². The Hall–Kier alpha value is -2.64. The summed E-state index contributed by atoms with van der Waals surface area (Å²) < 4.78 is 8.11. The van der Waals surface area contributed by atoms with Crippen LogP contribution in [0.15, 0.2) is 53.0 Å². The zero-order valence-electron chi connectivity index (χ0n) is 18.3. The zero-order valence-corrected chi connectivity index (χ0v) is 19.9. The Morgan fingerprint density at radius 2 is 1.81 bits per heavy atom. The molecule has 0 fully saturated rings. The number of nitrogens with zero attached hydrogens (tertiary/aromatic N) is 4. The molecule has 31 heavy (non-hydrogen) atoms. The highest BCUT2D eigenvalue weighted by atomic mass is 32.2. The first-order valence-electron chi connectivity index (χ1n) is 10.3. The van der Waals surface area contributed by atoms with Crippen LogP contribution in [0.1, 0.15) is 35.1 Å². The minimum atomic E-state index is 0.401. The van der Waals surface area contributed by atoms with Crippen LogP contribution in [-0.2, 0) is 18.9 Å². The Morgan fingerprint density at radius 3 is 2.55 bits per heavy atom. The van der Waals surface area contributed by atoms with Gasteiger partial charge < -0.3 is 9.30 Å². The lowest BCUT2D eigenvalue weighted by atomic mass is 10.1. The van der Waals surface area contributed by atoms with Gasteiger partial charge in [-0.25, -0.2) is 4.98 Å². The summed E-state index contributed by atoms with van der Waals surface area (Å²) in [5, 5.41) is 12.9. The Balaban J connectivity index is 1.42. The fraction of sp³-hybridized carbons (Fsp3) is 0.292. The highest BCUT2D eigenvalue weighted by Gasteiger charge is 2.14. The van der Waals surface area contributed by atoms with Crippen molar-refractivity contribution in [2.24, 2.45) is 0 Å². The first-order chi connectivity index (χ1) is 15.0. The van der Waals surface area contributed by atoms with E-state index in [1.807, 2.05) is 12.1 Å². The summed E-state index contributed by atoms with van der Waals surface area (Å²) in [4.78, 5) is 4.83. The quantitative estimate of drug-likeness (QED) is 0.298. The molecule has 0 aliphatic rings. The maximum Gasteiger partial charge on any atom is 0.191 e. The molecule has 4 rings (SSSR count). The van der Waals surface area contributed by atoms with E-state index in [-0.39, 0.29) is 0 Å². The second kappa shape index (κ2) is 9.66. The summed E-state index contributed by atoms with van der Waals surface area (Å²) in [6, 6.07) is 14.6. The number of thioether (sulfide) groups is 1. The molecule has 0 saturated carbocycles. The smallest absolute Gasteiger partial charge is 0.191 e. The summed E-state index contributed by atoms with van der Waals surface area (Å²) in [5.74, 6) is 2.46. The van der Waals surface area contributed by atoms with E-state index in [1.54, 1.807) is 23.1 Å². The Bertz CT molecular complexity index is 1160. The summed E-state index contributed by atoms with van der Waals surface area (Å²) >= 11 is 3.35. The molecule has 5 nitrogen and oxygen atoms in total. The van der Waals surface area contributed by atoms with Gasteiger partial charge >= 0.3 is 0 Å². The average Bonchev–Trinajstić information content (AvgIpc) is 3.37. The van der Waals surface area contributed by atoms with E-state index in [0.29, 0.717) is 6.61 Å². The minimum Gasteiger partial charge on any atom is -0.486 e. The zero-order chi connectivity index (χ0) is 21.8. The van der Waals surface area contributed by atoms with Crippen LogP contribution < -0.4 is 4.74 Å². The van der Waals surface area contributed by atoms with Crippen LogP contribution in [0.25, 0.3) is 10.6 Å². The minimum absolute atomic E-state index is 0.401. The first-order valence-corrected chi connectivity index (χ1v) is 12.2. The fourth-order valence-corrected chi connectivity index (χ4v) is 5.39. The van der Waals surface area contributed by atoms with Gasteiger partial charge in [0.05, 0.1) is 5.69 Å². The standard InChI is InChI=1S/C24H26N4OS2/c1-5-28-22(13-29-20-11-16(2)10-17(3)12-20)26-27-24(28)31-15-19-14-30-23(25-19)21-9-7-6-8-18(21)4/h6-12,14H,5,13,15H2,1-4H3. The molecule has 0 amide bonds. The molecule has 2 heterocycles. The van der Waals surface area contributed by atoms with E-state index in [2.05, 4.69) is 78.2 Å². The van der Waals surface area contributed by atoms with Crippen molar-refractivity contribution in [2.75, 3.05) is 0 Å². The molecule has 2 aromatic heterocycles. The van der Waals surface area contributed by atoms with Crippen molar-refractivity contribution in [3.8, 4) is 16.3 Å². The lowest BCUT2D eigenvalue weighted by Crippen LogP contribution is -2.07. The molecule has 2 aromatic carbocycles. The number of aromatic nitrogens is 4. The van der Waals surface area contributed by atoms with E-state index in [4.69, 9.17) is 9.72 Å². The molecule has 0 aliphatic carbocycles. The third kappa shape index (κ3) is 5.17. The van der Waals surface area contributed by atoms with Crippen LogP contribution in [0.2, 0.25) is 0 Å². The molecular weight excluding hydrogens is 424 g/mol. The van der Waals surface area contributed by atoms with Gasteiger partial charge in [-0.1, -0.05) is 42.1 Å². The van der Waals surface area contributed by atoms with E-state index in [1.165, 1.54) is 22.3 Å². The van der Waals surface area contributed by atoms with Crippen LogP contribution in [0.3, 0.4) is 0 Å². The van der Waals surface area contributed by atoms with Gasteiger partial charge in [-0.15, -0.1) is 21.5 Å². The molecule has 0 saturated heterocycles. The van der Waals surface area contributed by atoms with E-state index >= 15 is 0 Å². The third-order valence-corrected chi connectivity index (χ3v) is 6.87. The monoisotopic (exact) mass is 450 g/mol. The number of thiazole rings is 1. The van der Waals surface area contributed by atoms with Crippen LogP contribution in [-0.4, -0.2) is 19.7 Å². The molecule has 4 aromatic rings. The van der Waals surface area contributed by atoms with E-state index in [0.717, 1.165) is 39.7 Å². The van der Waals surface area contributed by atoms with Crippen molar-refractivity contribution in [1.29, 1.82) is 0 Å². The summed E-state index contributed by atoms with van der Waals surface area (Å²) in [6.45, 7) is 9.58. The van der Waals surface area contributed by atoms with Gasteiger partial charge in [0.2, 0.25) is 0 Å². The Labute approximate surface area is 191 Å². The summed E-state index contributed by atoms with van der Waals surface area (Å²) in [5.41, 5.74) is 5.89. The van der Waals surface area contributed by atoms with Gasteiger partial charge in [0.15, 0.2) is 11.0 Å². The Morgan fingerprint density at radius 1 is 1.03 bits per heavy atom. The van der Waals surface area contributed by atoms with Gasteiger partial charge in [-0.3, -0.25) is 0 Å². The van der Waals surface area contributed by atoms with Crippen molar-refractivity contribution in [2.45, 2.75) is 51.8 Å². The van der Waals surface area contributed by atoms with Crippen LogP contribution in [0, 0.1) is 20.8 Å². The third-order valence-electron chi connectivity index (χ3n) is 4.95. The molecule has 0 bridgehead atoms. The lowest BCUT2D eigenvalue weighted by molar-refractivity contribution is 0.288. The maximum atomic E-state index is 5.99. The average molecular weight is 451 g/mol. The molecule has 0 atom stereocenters. The second-order valence-corrected chi connectivity index (χ2v) is 9.30. The number of benzene rings is 2. The van der Waals surface area contributed by atoms with E-state index in [9.17, 15) is 0 Å². The number of hydrogen-bond donors (Lipinski definition) is 0. The lowest BCUT2D eigenvalue weighted by Gasteiger charge is -2.10. The topological polar surface area (TPSA) is 52.8 Å². The van der Waals surface area contributed by atoms with Crippen molar-refractivity contribution in [3.63, 3.8) is 0 Å². The molecule has 0 unspecified atom stereocenters. The van der Waals surface area contributed by atoms with Gasteiger partial charge in [0, 0.05) is 23.2 Å². The van der Waals surface area contributed by atoms with Crippen molar-refractivity contribution < 1.29 is 4.74 Å². The predicted molar refractivity (Wildman–Crippen MR) is 128 cm³/mol. The predicted octanol–water partition coefficient (Wildman–Crippen LogP) is 6.22. The second-order valence-electron chi connectivity index (χ2n) is 7.50. The molecule has 0 radical (unpaired) electrons. The molecule has 7 heteroatoms. The Kier molecular flexibility index (Phi) is 6.73. The number of aryl methyl sites for hydroxylation is 3. The van der Waals surface area contributed by atoms with E-state index < -0.39 is 0 Å². The van der Waals surface area contributed by atoms with Crippen LogP contribution in [0.4, 0.5) is 0 Å². The normalized spacial score (nSPS) is 11.1. The van der Waals surface area contributed by atoms with Gasteiger partial charge in [-0.05, 0) is 56.5 Å². The number of hydrogen-bond acceptors (Lipinski definition) is 6. The maximum absolute atomic E-state index is 5.99. The molecule has 0 spiro atoms. The summed E-state index contributed by atoms with van der Waals surface area (Å²) in [7, 11) is 0. The largest absolute Gasteiger partial charge is 0.486 e. The first kappa shape index (κ1) is 21.6. The van der Waals surface area contributed by atoms with Gasteiger partial charge in [0.25, 0.3) is 0 Å². The molecular formula is C24H26N4OS2. The highest BCUT2D eigenvalue weighted by Crippen LogP contribution is 2.29. The van der Waals surface area contributed by atoms with Gasteiger partial charge in [-0.2, -0.15) is 0 Å². The molecule has 0 N–H and O–H groups in total. The van der Waals surface area contributed by atoms with Crippen LogP contribution in [0.5, 0.6) is 5.75 Å².